The highest BCUT2D eigenvalue weighted by Crippen LogP contribution is 2.29. The van der Waals surface area contributed by atoms with Crippen molar-refractivity contribution in [1.29, 1.82) is 0 Å². The molecule has 2 heterocycles. The molecule has 152 valence electrons. The molecule has 0 bridgehead atoms. The van der Waals surface area contributed by atoms with Gasteiger partial charge in [0.1, 0.15) is 6.54 Å². The molecule has 0 unspecified atom stereocenters. The maximum absolute atomic E-state index is 12.5. The number of carbonyl (C=O) groups excluding carboxylic acids is 3. The van der Waals surface area contributed by atoms with E-state index in [9.17, 15) is 19.2 Å². The van der Waals surface area contributed by atoms with Gasteiger partial charge in [-0.3, -0.25) is 24.1 Å². The third-order valence-electron chi connectivity index (χ3n) is 5.11. The third kappa shape index (κ3) is 3.39. The third-order valence-corrected chi connectivity index (χ3v) is 5.11. The lowest BCUT2D eigenvalue weighted by molar-refractivity contribution is -0.116. The molecule has 0 spiro atoms. The number of carbonyl (C=O) groups is 3. The topological polar surface area (TPSA) is 99.3 Å². The average Bonchev–Trinajstić information content (AvgIpc) is 2.91. The van der Waals surface area contributed by atoms with Gasteiger partial charge in [-0.05, 0) is 35.2 Å². The van der Waals surface area contributed by atoms with E-state index < -0.39 is 17.7 Å². The number of aromatic nitrogens is 1. The van der Waals surface area contributed by atoms with Crippen LogP contribution in [-0.2, 0) is 10.2 Å². The van der Waals surface area contributed by atoms with Crippen LogP contribution in [-0.4, -0.2) is 34.2 Å². The molecule has 2 aromatic carbocycles. The number of aromatic amines is 1. The molecule has 30 heavy (non-hydrogen) atoms. The molecule has 0 aliphatic carbocycles. The summed E-state index contributed by atoms with van der Waals surface area (Å²) in [4.78, 5) is 53.1. The van der Waals surface area contributed by atoms with E-state index in [-0.39, 0.29) is 17.5 Å². The predicted octanol–water partition coefficient (Wildman–Crippen LogP) is 3.06. The maximum atomic E-state index is 12.5. The smallest absolute Gasteiger partial charge is 0.262 e. The van der Waals surface area contributed by atoms with E-state index in [2.05, 4.69) is 10.3 Å². The minimum atomic E-state index is -0.502. The number of nitrogens with zero attached hydrogens (tertiary/aromatic N) is 1. The molecule has 0 fully saturated rings. The van der Waals surface area contributed by atoms with E-state index in [4.69, 9.17) is 0 Å². The van der Waals surface area contributed by atoms with Gasteiger partial charge >= 0.3 is 0 Å². The van der Waals surface area contributed by atoms with Gasteiger partial charge in [0, 0.05) is 17.1 Å². The van der Waals surface area contributed by atoms with E-state index in [1.807, 2.05) is 26.8 Å². The molecule has 4 rings (SSSR count). The molecule has 0 saturated heterocycles. The van der Waals surface area contributed by atoms with Crippen molar-refractivity contribution < 1.29 is 14.4 Å². The van der Waals surface area contributed by atoms with Crippen molar-refractivity contribution in [3.8, 4) is 0 Å². The number of hydrogen-bond acceptors (Lipinski definition) is 4. The highest BCUT2D eigenvalue weighted by molar-refractivity contribution is 6.22. The Morgan fingerprint density at radius 3 is 2.20 bits per heavy atom. The van der Waals surface area contributed by atoms with Gasteiger partial charge < -0.3 is 10.3 Å². The molecule has 0 radical (unpaired) electrons. The van der Waals surface area contributed by atoms with Crippen molar-refractivity contribution in [2.75, 3.05) is 11.9 Å². The van der Waals surface area contributed by atoms with Crippen LogP contribution >= 0.6 is 0 Å². The van der Waals surface area contributed by atoms with Gasteiger partial charge in [0.15, 0.2) is 0 Å². The summed E-state index contributed by atoms with van der Waals surface area (Å²) in [5, 5.41) is 3.59. The number of nitrogens with one attached hydrogen (secondary N) is 2. The summed E-state index contributed by atoms with van der Waals surface area (Å²) < 4.78 is 0. The number of pyridine rings is 1. The Balaban J connectivity index is 1.56. The van der Waals surface area contributed by atoms with Crippen LogP contribution in [0.15, 0.2) is 53.3 Å². The predicted molar refractivity (Wildman–Crippen MR) is 114 cm³/mol. The lowest BCUT2D eigenvalue weighted by atomic mass is 9.85. The van der Waals surface area contributed by atoms with Crippen LogP contribution in [0.4, 0.5) is 5.69 Å². The Kier molecular flexibility index (Phi) is 4.53. The maximum Gasteiger partial charge on any atom is 0.262 e. The molecule has 1 aliphatic rings. The van der Waals surface area contributed by atoms with Gasteiger partial charge in [0.2, 0.25) is 11.5 Å². The van der Waals surface area contributed by atoms with E-state index >= 15 is 0 Å². The van der Waals surface area contributed by atoms with Crippen LogP contribution < -0.4 is 10.9 Å². The van der Waals surface area contributed by atoms with Crippen molar-refractivity contribution in [1.82, 2.24) is 9.88 Å². The molecule has 0 atom stereocenters. The molecule has 3 aromatic rings. The first-order chi connectivity index (χ1) is 14.1. The quantitative estimate of drug-likeness (QED) is 0.657. The van der Waals surface area contributed by atoms with Gasteiger partial charge in [0.25, 0.3) is 11.8 Å². The zero-order valence-electron chi connectivity index (χ0n) is 16.9. The number of hydrogen-bond donors (Lipinski definition) is 2. The van der Waals surface area contributed by atoms with E-state index in [0.29, 0.717) is 22.3 Å². The summed E-state index contributed by atoms with van der Waals surface area (Å²) in [5.41, 5.74) is 2.13. The Bertz CT molecular complexity index is 1230. The minimum absolute atomic E-state index is 0.219. The first kappa shape index (κ1) is 19.6. The number of H-pyrrole nitrogens is 1. The van der Waals surface area contributed by atoms with Crippen LogP contribution in [0.3, 0.4) is 0 Å². The van der Waals surface area contributed by atoms with Crippen LogP contribution in [0.1, 0.15) is 47.1 Å². The lowest BCUT2D eigenvalue weighted by Crippen LogP contribution is -2.37. The van der Waals surface area contributed by atoms with E-state index in [1.165, 1.54) is 0 Å². The Morgan fingerprint density at radius 1 is 0.967 bits per heavy atom. The lowest BCUT2D eigenvalue weighted by Gasteiger charge is -2.21. The first-order valence-electron chi connectivity index (χ1n) is 9.58. The van der Waals surface area contributed by atoms with Crippen molar-refractivity contribution in [3.63, 3.8) is 0 Å². The summed E-state index contributed by atoms with van der Waals surface area (Å²) in [5.74, 6) is -1.47. The van der Waals surface area contributed by atoms with E-state index in [0.717, 1.165) is 15.8 Å². The monoisotopic (exact) mass is 403 g/mol. The number of anilines is 1. The molecule has 7 nitrogen and oxygen atoms in total. The number of amides is 3. The summed E-state index contributed by atoms with van der Waals surface area (Å²) in [6.45, 7) is 5.69. The van der Waals surface area contributed by atoms with Gasteiger partial charge in [-0.2, -0.15) is 0 Å². The van der Waals surface area contributed by atoms with Crippen LogP contribution in [0, 0.1) is 0 Å². The fourth-order valence-electron chi connectivity index (χ4n) is 3.69. The molecule has 0 saturated carbocycles. The fourth-order valence-corrected chi connectivity index (χ4v) is 3.69. The summed E-state index contributed by atoms with van der Waals surface area (Å²) in [7, 11) is 0. The zero-order chi connectivity index (χ0) is 21.6. The summed E-state index contributed by atoms with van der Waals surface area (Å²) in [6, 6.07) is 13.3. The molecular weight excluding hydrogens is 382 g/mol. The highest BCUT2D eigenvalue weighted by Gasteiger charge is 2.36. The van der Waals surface area contributed by atoms with Gasteiger partial charge in [-0.25, -0.2) is 0 Å². The molecular formula is C23H21N3O4. The second-order valence-corrected chi connectivity index (χ2v) is 8.35. The van der Waals surface area contributed by atoms with Crippen molar-refractivity contribution >= 4 is 34.3 Å². The SMILES string of the molecule is CC(C)(C)c1cc(=O)[nH]c2cc(NC(=O)CN3C(=O)c4ccccc4C3=O)ccc12. The number of imide groups is 1. The van der Waals surface area contributed by atoms with Crippen molar-refractivity contribution in [3.05, 3.63) is 75.6 Å². The summed E-state index contributed by atoms with van der Waals surface area (Å²) >= 11 is 0. The highest BCUT2D eigenvalue weighted by atomic mass is 16.2. The Morgan fingerprint density at radius 2 is 1.60 bits per heavy atom. The van der Waals surface area contributed by atoms with Crippen molar-refractivity contribution in [2.45, 2.75) is 26.2 Å². The van der Waals surface area contributed by atoms with Crippen LogP contribution in [0.25, 0.3) is 10.9 Å². The zero-order valence-corrected chi connectivity index (χ0v) is 16.9. The molecule has 3 amide bonds. The van der Waals surface area contributed by atoms with Gasteiger partial charge in [-0.1, -0.05) is 39.0 Å². The van der Waals surface area contributed by atoms with Gasteiger partial charge in [-0.15, -0.1) is 0 Å². The number of rotatable bonds is 3. The van der Waals surface area contributed by atoms with Crippen molar-refractivity contribution in [2.24, 2.45) is 0 Å². The normalized spacial score (nSPS) is 13.6. The second-order valence-electron chi connectivity index (χ2n) is 8.35. The average molecular weight is 403 g/mol. The largest absolute Gasteiger partial charge is 0.324 e. The minimum Gasteiger partial charge on any atom is -0.324 e. The first-order valence-corrected chi connectivity index (χ1v) is 9.58. The summed E-state index contributed by atoms with van der Waals surface area (Å²) in [6.07, 6.45) is 0. The number of fused-ring (bicyclic) bond motifs is 2. The second kappa shape index (κ2) is 6.95. The number of benzene rings is 2. The standard InChI is InChI=1S/C23H21N3O4/c1-23(2,3)17-11-19(27)25-18-10-13(8-9-16(17)18)24-20(28)12-26-21(29)14-6-4-5-7-15(14)22(26)30/h4-11H,12H2,1-3H3,(H,24,28)(H,25,27). The van der Waals surface area contributed by atoms with E-state index in [1.54, 1.807) is 42.5 Å². The molecule has 2 N–H and O–H groups in total. The molecule has 1 aliphatic heterocycles. The Labute approximate surface area is 172 Å². The van der Waals surface area contributed by atoms with Gasteiger partial charge in [0.05, 0.1) is 16.6 Å². The molecule has 7 heteroatoms. The van der Waals surface area contributed by atoms with Crippen LogP contribution in [0.5, 0.6) is 0 Å². The Hall–Kier alpha value is -3.74. The van der Waals surface area contributed by atoms with Crippen LogP contribution in [0.2, 0.25) is 0 Å². The fraction of sp³-hybridized carbons (Fsp3) is 0.217. The molecule has 1 aromatic heterocycles.